The molecule has 5 heteroatoms. The maximum Gasteiger partial charge on any atom is 0.253 e. The molecule has 0 aliphatic heterocycles. The lowest BCUT2D eigenvalue weighted by Gasteiger charge is -2.13. The van der Waals surface area contributed by atoms with Gasteiger partial charge in [0.25, 0.3) is 5.56 Å². The van der Waals surface area contributed by atoms with Gasteiger partial charge in [0.2, 0.25) is 5.91 Å². The summed E-state index contributed by atoms with van der Waals surface area (Å²) < 4.78 is 5.50. The summed E-state index contributed by atoms with van der Waals surface area (Å²) in [6, 6.07) is 1.90. The molecule has 1 aromatic rings. The molecule has 0 bridgehead atoms. The van der Waals surface area contributed by atoms with Crippen LogP contribution in [0.2, 0.25) is 0 Å². The smallest absolute Gasteiger partial charge is 0.253 e. The Balaban J connectivity index is 1.87. The Morgan fingerprint density at radius 1 is 1.50 bits per heavy atom. The van der Waals surface area contributed by atoms with Gasteiger partial charge in [-0.3, -0.25) is 9.59 Å². The summed E-state index contributed by atoms with van der Waals surface area (Å²) in [6.45, 7) is 6.33. The standard InChI is InChI=1S/C15H22N2O3/c1-9-6-10(2)17-15(19)13(9)7-16-14(18)11(3)20-8-12-4-5-12/h6,11-12H,4-5,7-8H2,1-3H3,(H,16,18)(H,17,19)/t11-/m0/s1. The van der Waals surface area contributed by atoms with Crippen molar-refractivity contribution in [2.45, 2.75) is 46.3 Å². The monoisotopic (exact) mass is 278 g/mol. The van der Waals surface area contributed by atoms with Crippen molar-refractivity contribution < 1.29 is 9.53 Å². The molecule has 1 saturated carbocycles. The highest BCUT2D eigenvalue weighted by Gasteiger charge is 2.24. The second kappa shape index (κ2) is 6.22. The van der Waals surface area contributed by atoms with Gasteiger partial charge in [-0.1, -0.05) is 0 Å². The first kappa shape index (κ1) is 14.8. The van der Waals surface area contributed by atoms with Gasteiger partial charge in [-0.15, -0.1) is 0 Å². The van der Waals surface area contributed by atoms with Gasteiger partial charge in [-0.05, 0) is 51.2 Å². The van der Waals surface area contributed by atoms with Crippen LogP contribution in [0, 0.1) is 19.8 Å². The van der Waals surface area contributed by atoms with Crippen molar-refractivity contribution in [3.05, 3.63) is 33.2 Å². The van der Waals surface area contributed by atoms with Crippen LogP contribution in [-0.2, 0) is 16.1 Å². The molecule has 1 fully saturated rings. The van der Waals surface area contributed by atoms with Crippen molar-refractivity contribution in [3.63, 3.8) is 0 Å². The lowest BCUT2D eigenvalue weighted by atomic mass is 10.1. The highest BCUT2D eigenvalue weighted by molar-refractivity contribution is 5.80. The van der Waals surface area contributed by atoms with Crippen LogP contribution >= 0.6 is 0 Å². The average molecular weight is 278 g/mol. The number of pyridine rings is 1. The highest BCUT2D eigenvalue weighted by Crippen LogP contribution is 2.29. The van der Waals surface area contributed by atoms with E-state index in [-0.39, 0.29) is 18.0 Å². The number of carbonyl (C=O) groups is 1. The van der Waals surface area contributed by atoms with Crippen LogP contribution in [0.25, 0.3) is 0 Å². The second-order valence-corrected chi connectivity index (χ2v) is 5.58. The Bertz CT molecular complexity index is 547. The molecule has 0 spiro atoms. The van der Waals surface area contributed by atoms with E-state index in [0.717, 1.165) is 11.3 Å². The number of nitrogens with one attached hydrogen (secondary N) is 2. The maximum absolute atomic E-state index is 11.9. The summed E-state index contributed by atoms with van der Waals surface area (Å²) in [5.74, 6) is 0.456. The van der Waals surface area contributed by atoms with Gasteiger partial charge in [0.1, 0.15) is 6.10 Å². The number of amides is 1. The van der Waals surface area contributed by atoms with Crippen LogP contribution in [-0.4, -0.2) is 23.6 Å². The fourth-order valence-electron chi connectivity index (χ4n) is 2.06. The van der Waals surface area contributed by atoms with Crippen molar-refractivity contribution >= 4 is 5.91 Å². The zero-order valence-electron chi connectivity index (χ0n) is 12.3. The Morgan fingerprint density at radius 2 is 2.20 bits per heavy atom. The molecule has 0 aromatic carbocycles. The molecule has 0 saturated heterocycles. The topological polar surface area (TPSA) is 71.2 Å². The minimum absolute atomic E-state index is 0.144. The molecule has 1 heterocycles. The van der Waals surface area contributed by atoms with Crippen LogP contribution in [0.4, 0.5) is 0 Å². The second-order valence-electron chi connectivity index (χ2n) is 5.58. The fourth-order valence-corrected chi connectivity index (χ4v) is 2.06. The summed E-state index contributed by atoms with van der Waals surface area (Å²) in [5, 5.41) is 2.76. The SMILES string of the molecule is Cc1cc(C)c(CNC(=O)[C@H](C)OCC2CC2)c(=O)[nH]1. The Hall–Kier alpha value is -1.62. The van der Waals surface area contributed by atoms with Crippen LogP contribution in [0.1, 0.15) is 36.6 Å². The first-order valence-corrected chi connectivity index (χ1v) is 7.06. The molecule has 1 aliphatic carbocycles. The molecular weight excluding hydrogens is 256 g/mol. The zero-order chi connectivity index (χ0) is 14.7. The third-order valence-electron chi connectivity index (χ3n) is 3.58. The number of carbonyl (C=O) groups excluding carboxylic acids is 1. The molecule has 0 radical (unpaired) electrons. The van der Waals surface area contributed by atoms with Gasteiger partial charge < -0.3 is 15.0 Å². The van der Waals surface area contributed by atoms with E-state index in [2.05, 4.69) is 10.3 Å². The number of ether oxygens (including phenoxy) is 1. The van der Waals surface area contributed by atoms with Gasteiger partial charge in [-0.25, -0.2) is 0 Å². The van der Waals surface area contributed by atoms with Crippen LogP contribution < -0.4 is 10.9 Å². The van der Waals surface area contributed by atoms with Crippen molar-refractivity contribution in [2.24, 2.45) is 5.92 Å². The normalized spacial score (nSPS) is 15.9. The van der Waals surface area contributed by atoms with Crippen molar-refractivity contribution in [1.29, 1.82) is 0 Å². The quantitative estimate of drug-likeness (QED) is 0.826. The minimum atomic E-state index is -0.472. The minimum Gasteiger partial charge on any atom is -0.368 e. The van der Waals surface area contributed by atoms with E-state index in [1.54, 1.807) is 6.92 Å². The summed E-state index contributed by atoms with van der Waals surface area (Å²) in [4.78, 5) is 26.5. The van der Waals surface area contributed by atoms with E-state index in [0.29, 0.717) is 18.1 Å². The third-order valence-corrected chi connectivity index (χ3v) is 3.58. The van der Waals surface area contributed by atoms with Crippen LogP contribution in [0.15, 0.2) is 10.9 Å². The highest BCUT2D eigenvalue weighted by atomic mass is 16.5. The molecule has 1 aliphatic rings. The van der Waals surface area contributed by atoms with Gasteiger partial charge in [0, 0.05) is 17.8 Å². The van der Waals surface area contributed by atoms with E-state index in [9.17, 15) is 9.59 Å². The molecule has 5 nitrogen and oxygen atoms in total. The molecule has 2 rings (SSSR count). The lowest BCUT2D eigenvalue weighted by molar-refractivity contribution is -0.132. The molecule has 1 amide bonds. The van der Waals surface area contributed by atoms with E-state index in [4.69, 9.17) is 4.74 Å². The van der Waals surface area contributed by atoms with Gasteiger partial charge in [-0.2, -0.15) is 0 Å². The largest absolute Gasteiger partial charge is 0.368 e. The maximum atomic E-state index is 11.9. The first-order valence-electron chi connectivity index (χ1n) is 7.06. The molecule has 110 valence electrons. The zero-order valence-corrected chi connectivity index (χ0v) is 12.3. The number of hydrogen-bond donors (Lipinski definition) is 2. The van der Waals surface area contributed by atoms with Gasteiger partial charge >= 0.3 is 0 Å². The number of H-pyrrole nitrogens is 1. The van der Waals surface area contributed by atoms with E-state index < -0.39 is 6.10 Å². The summed E-state index contributed by atoms with van der Waals surface area (Å²) in [5.41, 5.74) is 2.16. The molecule has 2 N–H and O–H groups in total. The van der Waals surface area contributed by atoms with Crippen molar-refractivity contribution in [2.75, 3.05) is 6.61 Å². The fraction of sp³-hybridized carbons (Fsp3) is 0.600. The number of rotatable bonds is 6. The summed E-state index contributed by atoms with van der Waals surface area (Å²) in [7, 11) is 0. The van der Waals surface area contributed by atoms with E-state index in [1.807, 2.05) is 19.9 Å². The summed E-state index contributed by atoms with van der Waals surface area (Å²) in [6.07, 6.45) is 1.93. The van der Waals surface area contributed by atoms with E-state index >= 15 is 0 Å². The van der Waals surface area contributed by atoms with E-state index in [1.165, 1.54) is 12.8 Å². The molecule has 20 heavy (non-hydrogen) atoms. The van der Waals surface area contributed by atoms with Crippen molar-refractivity contribution in [1.82, 2.24) is 10.3 Å². The van der Waals surface area contributed by atoms with Crippen molar-refractivity contribution in [3.8, 4) is 0 Å². The number of aryl methyl sites for hydroxylation is 2. The number of aromatic amines is 1. The average Bonchev–Trinajstić information content (AvgIpc) is 3.18. The molecule has 0 unspecified atom stereocenters. The molecular formula is C15H22N2O3. The third kappa shape index (κ3) is 3.93. The van der Waals surface area contributed by atoms with Crippen LogP contribution in [0.3, 0.4) is 0 Å². The Labute approximate surface area is 118 Å². The number of aromatic nitrogens is 1. The van der Waals surface area contributed by atoms with Gasteiger partial charge in [0.05, 0.1) is 6.61 Å². The number of hydrogen-bond acceptors (Lipinski definition) is 3. The summed E-state index contributed by atoms with van der Waals surface area (Å²) >= 11 is 0. The molecule has 1 aromatic heterocycles. The van der Waals surface area contributed by atoms with Crippen LogP contribution in [0.5, 0.6) is 0 Å². The predicted octanol–water partition coefficient (Wildman–Crippen LogP) is 1.42. The van der Waals surface area contributed by atoms with Gasteiger partial charge in [0.15, 0.2) is 0 Å². The Morgan fingerprint density at radius 3 is 2.80 bits per heavy atom. The molecule has 1 atom stereocenters. The first-order chi connectivity index (χ1) is 9.47. The lowest BCUT2D eigenvalue weighted by Crippen LogP contribution is -2.36. The Kier molecular flexibility index (Phi) is 4.60. The predicted molar refractivity (Wildman–Crippen MR) is 76.5 cm³/mol.